The lowest BCUT2D eigenvalue weighted by atomic mass is 9.84. The van der Waals surface area contributed by atoms with Gasteiger partial charge in [0.2, 0.25) is 0 Å². The predicted octanol–water partition coefficient (Wildman–Crippen LogP) is 3.22. The van der Waals surface area contributed by atoms with Crippen molar-refractivity contribution in [2.75, 3.05) is 20.3 Å². The van der Waals surface area contributed by atoms with Gasteiger partial charge < -0.3 is 10.1 Å². The van der Waals surface area contributed by atoms with Crippen molar-refractivity contribution >= 4 is 0 Å². The van der Waals surface area contributed by atoms with Crippen LogP contribution in [0.5, 0.6) is 0 Å². The standard InChI is InChI=1S/C13H29NO/c1-12(2,3)14-10-9-13(4,5)8-7-11-15-6/h14H,7-11H2,1-6H3. The zero-order valence-electron chi connectivity index (χ0n) is 11.4. The SMILES string of the molecule is COCCCC(C)(C)CCNC(C)(C)C. The van der Waals surface area contributed by atoms with E-state index in [1.807, 2.05) is 0 Å². The third-order valence-corrected chi connectivity index (χ3v) is 2.66. The van der Waals surface area contributed by atoms with E-state index in [1.54, 1.807) is 7.11 Å². The Morgan fingerprint density at radius 1 is 1.00 bits per heavy atom. The van der Waals surface area contributed by atoms with E-state index in [9.17, 15) is 0 Å². The number of hydrogen-bond donors (Lipinski definition) is 1. The largest absolute Gasteiger partial charge is 0.385 e. The molecule has 0 heterocycles. The molecule has 0 spiro atoms. The third-order valence-electron chi connectivity index (χ3n) is 2.66. The van der Waals surface area contributed by atoms with Crippen molar-refractivity contribution in [2.45, 2.75) is 59.4 Å². The Morgan fingerprint density at radius 2 is 1.60 bits per heavy atom. The van der Waals surface area contributed by atoms with Gasteiger partial charge >= 0.3 is 0 Å². The van der Waals surface area contributed by atoms with E-state index in [-0.39, 0.29) is 5.54 Å². The molecule has 0 radical (unpaired) electrons. The summed E-state index contributed by atoms with van der Waals surface area (Å²) in [5.74, 6) is 0. The Bertz CT molecular complexity index is 158. The monoisotopic (exact) mass is 215 g/mol. The fourth-order valence-corrected chi connectivity index (χ4v) is 1.60. The van der Waals surface area contributed by atoms with Crippen LogP contribution in [0.1, 0.15) is 53.9 Å². The van der Waals surface area contributed by atoms with E-state index in [1.165, 1.54) is 19.3 Å². The Balaban J connectivity index is 3.64. The molecule has 92 valence electrons. The number of nitrogens with one attached hydrogen (secondary N) is 1. The quantitative estimate of drug-likeness (QED) is 0.658. The van der Waals surface area contributed by atoms with Crippen molar-refractivity contribution < 1.29 is 4.74 Å². The molecule has 0 saturated carbocycles. The first-order valence-corrected chi connectivity index (χ1v) is 6.01. The molecule has 2 nitrogen and oxygen atoms in total. The molecule has 0 aromatic carbocycles. The highest BCUT2D eigenvalue weighted by atomic mass is 16.5. The lowest BCUT2D eigenvalue weighted by Crippen LogP contribution is -2.37. The van der Waals surface area contributed by atoms with Gasteiger partial charge in [0.25, 0.3) is 0 Å². The molecule has 1 N–H and O–H groups in total. The molecule has 0 aromatic rings. The minimum absolute atomic E-state index is 0.239. The molecule has 0 aliphatic heterocycles. The van der Waals surface area contributed by atoms with Gasteiger partial charge in [-0.3, -0.25) is 0 Å². The van der Waals surface area contributed by atoms with Crippen molar-refractivity contribution in [3.05, 3.63) is 0 Å². The Labute approximate surface area is 95.8 Å². The normalized spacial score (nSPS) is 13.2. The Morgan fingerprint density at radius 3 is 2.07 bits per heavy atom. The van der Waals surface area contributed by atoms with Crippen LogP contribution in [0.15, 0.2) is 0 Å². The molecule has 0 fully saturated rings. The van der Waals surface area contributed by atoms with Gasteiger partial charge in [-0.05, 0) is 52.0 Å². The lowest BCUT2D eigenvalue weighted by molar-refractivity contribution is 0.171. The second-order valence-electron chi connectivity index (χ2n) is 6.19. The van der Waals surface area contributed by atoms with Gasteiger partial charge in [-0.1, -0.05) is 13.8 Å². The smallest absolute Gasteiger partial charge is 0.0462 e. The summed E-state index contributed by atoms with van der Waals surface area (Å²) in [6, 6.07) is 0. The molecule has 0 aliphatic rings. The predicted molar refractivity (Wildman–Crippen MR) is 67.3 cm³/mol. The molecule has 0 rings (SSSR count). The van der Waals surface area contributed by atoms with Gasteiger partial charge in [0.05, 0.1) is 0 Å². The summed E-state index contributed by atoms with van der Waals surface area (Å²) in [7, 11) is 1.77. The first kappa shape index (κ1) is 14.9. The molecule has 0 unspecified atom stereocenters. The summed E-state index contributed by atoms with van der Waals surface area (Å²) in [4.78, 5) is 0. The van der Waals surface area contributed by atoms with E-state index in [2.05, 4.69) is 39.9 Å². The third kappa shape index (κ3) is 10.2. The van der Waals surface area contributed by atoms with Gasteiger partial charge in [-0.15, -0.1) is 0 Å². The van der Waals surface area contributed by atoms with Crippen molar-refractivity contribution in [2.24, 2.45) is 5.41 Å². The van der Waals surface area contributed by atoms with Crippen molar-refractivity contribution in [3.63, 3.8) is 0 Å². The maximum atomic E-state index is 5.08. The summed E-state index contributed by atoms with van der Waals surface area (Å²) >= 11 is 0. The van der Waals surface area contributed by atoms with Crippen molar-refractivity contribution in [1.29, 1.82) is 0 Å². The molecule has 15 heavy (non-hydrogen) atoms. The molecule has 0 amide bonds. The summed E-state index contributed by atoms with van der Waals surface area (Å²) in [5.41, 5.74) is 0.666. The van der Waals surface area contributed by atoms with Crippen LogP contribution in [0.2, 0.25) is 0 Å². The van der Waals surface area contributed by atoms with Crippen molar-refractivity contribution in [3.8, 4) is 0 Å². The number of hydrogen-bond acceptors (Lipinski definition) is 2. The first-order chi connectivity index (χ1) is 6.77. The van der Waals surface area contributed by atoms with Crippen LogP contribution < -0.4 is 5.32 Å². The second-order valence-corrected chi connectivity index (χ2v) is 6.19. The van der Waals surface area contributed by atoms with E-state index in [0.717, 1.165) is 13.2 Å². The van der Waals surface area contributed by atoms with E-state index in [0.29, 0.717) is 5.41 Å². The molecule has 0 aromatic heterocycles. The van der Waals surface area contributed by atoms with Gasteiger partial charge in [-0.2, -0.15) is 0 Å². The van der Waals surface area contributed by atoms with Gasteiger partial charge in [0.1, 0.15) is 0 Å². The van der Waals surface area contributed by atoms with Gasteiger partial charge in [-0.25, -0.2) is 0 Å². The molecule has 0 atom stereocenters. The van der Waals surface area contributed by atoms with E-state index in [4.69, 9.17) is 4.74 Å². The molecular formula is C13H29NO. The molecule has 0 bridgehead atoms. The van der Waals surface area contributed by atoms with Crippen LogP contribution in [0.25, 0.3) is 0 Å². The topological polar surface area (TPSA) is 21.3 Å². The number of methoxy groups -OCH3 is 1. The fraction of sp³-hybridized carbons (Fsp3) is 1.00. The minimum Gasteiger partial charge on any atom is -0.385 e. The average Bonchev–Trinajstić information content (AvgIpc) is 2.01. The van der Waals surface area contributed by atoms with Crippen LogP contribution in [0.3, 0.4) is 0 Å². The summed E-state index contributed by atoms with van der Waals surface area (Å²) in [6.45, 7) is 13.3. The molecule has 0 aliphatic carbocycles. The maximum Gasteiger partial charge on any atom is 0.0462 e. The minimum atomic E-state index is 0.239. The average molecular weight is 215 g/mol. The highest BCUT2D eigenvalue weighted by Gasteiger charge is 2.18. The van der Waals surface area contributed by atoms with E-state index >= 15 is 0 Å². The second kappa shape index (κ2) is 6.49. The highest BCUT2D eigenvalue weighted by Crippen LogP contribution is 2.26. The molecular weight excluding hydrogens is 186 g/mol. The van der Waals surface area contributed by atoms with Crippen LogP contribution in [0.4, 0.5) is 0 Å². The molecule has 2 heteroatoms. The van der Waals surface area contributed by atoms with Crippen LogP contribution in [-0.2, 0) is 4.74 Å². The Kier molecular flexibility index (Phi) is 6.46. The van der Waals surface area contributed by atoms with Gasteiger partial charge in [0.15, 0.2) is 0 Å². The number of rotatable bonds is 7. The first-order valence-electron chi connectivity index (χ1n) is 6.01. The van der Waals surface area contributed by atoms with Crippen LogP contribution in [0, 0.1) is 5.41 Å². The van der Waals surface area contributed by atoms with Crippen molar-refractivity contribution in [1.82, 2.24) is 5.32 Å². The lowest BCUT2D eigenvalue weighted by Gasteiger charge is -2.28. The summed E-state index contributed by atoms with van der Waals surface area (Å²) in [6.07, 6.45) is 3.64. The zero-order valence-corrected chi connectivity index (χ0v) is 11.4. The summed E-state index contributed by atoms with van der Waals surface area (Å²) < 4.78 is 5.08. The zero-order chi connectivity index (χ0) is 11.9. The van der Waals surface area contributed by atoms with E-state index < -0.39 is 0 Å². The maximum absolute atomic E-state index is 5.08. The fourth-order valence-electron chi connectivity index (χ4n) is 1.60. The Hall–Kier alpha value is -0.0800. The van der Waals surface area contributed by atoms with Crippen LogP contribution >= 0.6 is 0 Å². The highest BCUT2D eigenvalue weighted by molar-refractivity contribution is 4.74. The summed E-state index contributed by atoms with van der Waals surface area (Å²) in [5, 5.41) is 3.54. The number of ether oxygens (including phenoxy) is 1. The van der Waals surface area contributed by atoms with Gasteiger partial charge in [0, 0.05) is 19.3 Å². The van der Waals surface area contributed by atoms with Crippen LogP contribution in [-0.4, -0.2) is 25.8 Å². The molecule has 0 saturated heterocycles.